The minimum atomic E-state index is -0.0636. The van der Waals surface area contributed by atoms with Crippen LogP contribution in [0.4, 0.5) is 0 Å². The zero-order valence-corrected chi connectivity index (χ0v) is 11.5. The summed E-state index contributed by atoms with van der Waals surface area (Å²) in [5, 5.41) is 12.9. The molecule has 3 heteroatoms. The van der Waals surface area contributed by atoms with Crippen LogP contribution < -0.4 is 0 Å². The second-order valence-corrected chi connectivity index (χ2v) is 5.05. The summed E-state index contributed by atoms with van der Waals surface area (Å²) in [6.45, 7) is 2.53. The average Bonchev–Trinajstić information content (AvgIpc) is 2.91. The molecule has 3 aromatic rings. The van der Waals surface area contributed by atoms with Gasteiger partial charge in [-0.15, -0.1) is 0 Å². The Morgan fingerprint density at radius 1 is 1.05 bits per heavy atom. The fourth-order valence-corrected chi connectivity index (χ4v) is 2.51. The number of nitrogens with zero attached hydrogens (tertiary/aromatic N) is 1. The molecule has 102 valence electrons. The molecule has 2 N–H and O–H groups in total. The molecular weight excluding hydrogens is 248 g/mol. The molecule has 3 rings (SSSR count). The molecule has 0 aliphatic carbocycles. The molecule has 20 heavy (non-hydrogen) atoms. The van der Waals surface area contributed by atoms with E-state index < -0.39 is 0 Å². The molecule has 0 saturated carbocycles. The number of fused-ring (bicyclic) bond motifs is 1. The van der Waals surface area contributed by atoms with Gasteiger partial charge in [0, 0.05) is 23.6 Å². The molecule has 1 aromatic heterocycles. The Kier molecular flexibility index (Phi) is 3.54. The maximum absolute atomic E-state index is 10.3. The lowest BCUT2D eigenvalue weighted by Gasteiger charge is -2.22. The summed E-state index contributed by atoms with van der Waals surface area (Å²) < 4.78 is 0. The van der Waals surface area contributed by atoms with E-state index in [9.17, 15) is 5.21 Å². The van der Waals surface area contributed by atoms with Crippen molar-refractivity contribution in [3.8, 4) is 0 Å². The Hall–Kier alpha value is -2.10. The van der Waals surface area contributed by atoms with Gasteiger partial charge in [0.25, 0.3) is 0 Å². The first-order valence-electron chi connectivity index (χ1n) is 6.81. The zero-order chi connectivity index (χ0) is 13.9. The van der Waals surface area contributed by atoms with E-state index in [1.807, 2.05) is 61.7 Å². The number of hydrogen-bond donors (Lipinski definition) is 2. The van der Waals surface area contributed by atoms with Crippen LogP contribution in [0.3, 0.4) is 0 Å². The van der Waals surface area contributed by atoms with Gasteiger partial charge in [0.1, 0.15) is 0 Å². The van der Waals surface area contributed by atoms with E-state index in [-0.39, 0.29) is 6.04 Å². The normalized spacial score (nSPS) is 12.9. The second-order valence-electron chi connectivity index (χ2n) is 5.05. The first kappa shape index (κ1) is 12.9. The minimum absolute atomic E-state index is 0.0636. The monoisotopic (exact) mass is 266 g/mol. The SMILES string of the molecule is CC(c1c[nH]c2ccccc12)N(O)Cc1ccccc1. The molecule has 1 atom stereocenters. The largest absolute Gasteiger partial charge is 0.361 e. The maximum Gasteiger partial charge on any atom is 0.0596 e. The predicted octanol–water partition coefficient (Wildman–Crippen LogP) is 4.12. The van der Waals surface area contributed by atoms with Crippen LogP contribution in [0.2, 0.25) is 0 Å². The van der Waals surface area contributed by atoms with E-state index in [1.165, 1.54) is 5.06 Å². The van der Waals surface area contributed by atoms with Crippen molar-refractivity contribution in [3.05, 3.63) is 71.9 Å². The van der Waals surface area contributed by atoms with Crippen molar-refractivity contribution >= 4 is 10.9 Å². The summed E-state index contributed by atoms with van der Waals surface area (Å²) in [4.78, 5) is 3.25. The molecule has 0 saturated heterocycles. The number of rotatable bonds is 4. The van der Waals surface area contributed by atoms with Crippen LogP contribution in [0.5, 0.6) is 0 Å². The van der Waals surface area contributed by atoms with Crippen molar-refractivity contribution in [1.29, 1.82) is 0 Å². The highest BCUT2D eigenvalue weighted by Crippen LogP contribution is 2.27. The number of hydrogen-bond acceptors (Lipinski definition) is 2. The van der Waals surface area contributed by atoms with E-state index in [4.69, 9.17) is 0 Å². The number of H-pyrrole nitrogens is 1. The van der Waals surface area contributed by atoms with Gasteiger partial charge >= 0.3 is 0 Å². The maximum atomic E-state index is 10.3. The smallest absolute Gasteiger partial charge is 0.0596 e. The van der Waals surface area contributed by atoms with Crippen molar-refractivity contribution in [1.82, 2.24) is 10.0 Å². The Morgan fingerprint density at radius 3 is 2.55 bits per heavy atom. The Labute approximate surface area is 118 Å². The van der Waals surface area contributed by atoms with Crippen molar-refractivity contribution in [2.24, 2.45) is 0 Å². The summed E-state index contributed by atoms with van der Waals surface area (Å²) in [5.74, 6) is 0. The van der Waals surface area contributed by atoms with Crippen molar-refractivity contribution < 1.29 is 5.21 Å². The number of aromatic amines is 1. The fraction of sp³-hybridized carbons (Fsp3) is 0.176. The Morgan fingerprint density at radius 2 is 1.75 bits per heavy atom. The summed E-state index contributed by atoms with van der Waals surface area (Å²) in [7, 11) is 0. The highest BCUT2D eigenvalue weighted by atomic mass is 16.5. The molecule has 0 aliphatic heterocycles. The van der Waals surface area contributed by atoms with Crippen molar-refractivity contribution in [2.75, 3.05) is 0 Å². The third kappa shape index (κ3) is 2.46. The molecule has 0 radical (unpaired) electrons. The Bertz CT molecular complexity index is 690. The number of benzene rings is 2. The van der Waals surface area contributed by atoms with Gasteiger partial charge in [-0.1, -0.05) is 48.5 Å². The number of para-hydroxylation sites is 1. The molecule has 0 spiro atoms. The van der Waals surface area contributed by atoms with Crippen molar-refractivity contribution in [3.63, 3.8) is 0 Å². The zero-order valence-electron chi connectivity index (χ0n) is 11.5. The van der Waals surface area contributed by atoms with Gasteiger partial charge in [-0.25, -0.2) is 0 Å². The quantitative estimate of drug-likeness (QED) is 0.697. The molecular formula is C17H18N2O. The number of nitrogens with one attached hydrogen (secondary N) is 1. The van der Waals surface area contributed by atoms with Crippen LogP contribution in [0.1, 0.15) is 24.1 Å². The molecule has 1 heterocycles. The molecule has 0 fully saturated rings. The minimum Gasteiger partial charge on any atom is -0.361 e. The third-order valence-electron chi connectivity index (χ3n) is 3.71. The van der Waals surface area contributed by atoms with Crippen LogP contribution >= 0.6 is 0 Å². The Balaban J connectivity index is 1.83. The van der Waals surface area contributed by atoms with Gasteiger partial charge < -0.3 is 10.2 Å². The van der Waals surface area contributed by atoms with Gasteiger partial charge in [0.15, 0.2) is 0 Å². The average molecular weight is 266 g/mol. The van der Waals surface area contributed by atoms with Crippen LogP contribution in [-0.2, 0) is 6.54 Å². The standard InChI is InChI=1S/C17H18N2O/c1-13(19(20)12-14-7-3-2-4-8-14)16-11-18-17-10-6-5-9-15(16)17/h2-11,13,18,20H,12H2,1H3. The van der Waals surface area contributed by atoms with Crippen molar-refractivity contribution in [2.45, 2.75) is 19.5 Å². The number of hydroxylamine groups is 2. The molecule has 0 aliphatic rings. The lowest BCUT2D eigenvalue weighted by molar-refractivity contribution is -0.131. The van der Waals surface area contributed by atoms with Crippen LogP contribution in [-0.4, -0.2) is 15.3 Å². The topological polar surface area (TPSA) is 39.3 Å². The van der Waals surface area contributed by atoms with E-state index in [2.05, 4.69) is 11.1 Å². The van der Waals surface area contributed by atoms with Gasteiger partial charge in [-0.2, -0.15) is 5.06 Å². The highest BCUT2D eigenvalue weighted by Gasteiger charge is 2.17. The van der Waals surface area contributed by atoms with E-state index in [1.54, 1.807) is 0 Å². The molecule has 2 aromatic carbocycles. The lowest BCUT2D eigenvalue weighted by atomic mass is 10.1. The summed E-state index contributed by atoms with van der Waals surface area (Å²) in [5.41, 5.74) is 3.31. The molecule has 1 unspecified atom stereocenters. The van der Waals surface area contributed by atoms with Gasteiger partial charge in [-0.05, 0) is 24.1 Å². The second kappa shape index (κ2) is 5.49. The highest BCUT2D eigenvalue weighted by molar-refractivity contribution is 5.83. The van der Waals surface area contributed by atoms with E-state index in [0.29, 0.717) is 6.54 Å². The molecule has 0 bridgehead atoms. The van der Waals surface area contributed by atoms with Gasteiger partial charge in [0.05, 0.1) is 6.04 Å². The molecule has 0 amide bonds. The summed E-state index contributed by atoms with van der Waals surface area (Å²) >= 11 is 0. The van der Waals surface area contributed by atoms with Crippen LogP contribution in [0.15, 0.2) is 60.8 Å². The fourth-order valence-electron chi connectivity index (χ4n) is 2.51. The van der Waals surface area contributed by atoms with E-state index in [0.717, 1.165) is 22.0 Å². The van der Waals surface area contributed by atoms with Crippen LogP contribution in [0, 0.1) is 0 Å². The third-order valence-corrected chi connectivity index (χ3v) is 3.71. The number of aromatic nitrogens is 1. The van der Waals surface area contributed by atoms with Crippen LogP contribution in [0.25, 0.3) is 10.9 Å². The van der Waals surface area contributed by atoms with Gasteiger partial charge in [0.2, 0.25) is 0 Å². The predicted molar refractivity (Wildman–Crippen MR) is 80.5 cm³/mol. The van der Waals surface area contributed by atoms with Gasteiger partial charge in [-0.3, -0.25) is 0 Å². The lowest BCUT2D eigenvalue weighted by Crippen LogP contribution is -2.22. The molecule has 3 nitrogen and oxygen atoms in total. The first-order valence-corrected chi connectivity index (χ1v) is 6.81. The summed E-state index contributed by atoms with van der Waals surface area (Å²) in [6.07, 6.45) is 1.98. The van der Waals surface area contributed by atoms with E-state index >= 15 is 0 Å². The summed E-state index contributed by atoms with van der Waals surface area (Å²) in [6, 6.07) is 18.1. The first-order chi connectivity index (χ1) is 9.75.